The average molecular weight is 397 g/mol. The van der Waals surface area contributed by atoms with E-state index in [1.807, 2.05) is 31.2 Å². The zero-order valence-electron chi connectivity index (χ0n) is 17.0. The molecule has 0 unspecified atom stereocenters. The molecule has 0 saturated carbocycles. The zero-order valence-corrected chi connectivity index (χ0v) is 17.0. The fraction of sp³-hybridized carbons (Fsp3) is 0.409. The molecule has 7 heteroatoms. The van der Waals surface area contributed by atoms with Gasteiger partial charge in [0.15, 0.2) is 5.76 Å². The SMILES string of the molecule is CC(=O)N(CCC(=O)N1CCN(C(=O)c2ccco2)CC1)Cc1cccc(C)c1. The van der Waals surface area contributed by atoms with Gasteiger partial charge in [-0.3, -0.25) is 14.4 Å². The van der Waals surface area contributed by atoms with Crippen LogP contribution in [-0.4, -0.2) is 65.1 Å². The van der Waals surface area contributed by atoms with Crippen molar-refractivity contribution in [3.63, 3.8) is 0 Å². The van der Waals surface area contributed by atoms with Crippen LogP contribution in [0.15, 0.2) is 47.1 Å². The van der Waals surface area contributed by atoms with Gasteiger partial charge in [-0.1, -0.05) is 29.8 Å². The summed E-state index contributed by atoms with van der Waals surface area (Å²) in [5.74, 6) is 0.125. The Balaban J connectivity index is 1.48. The molecule has 0 atom stereocenters. The van der Waals surface area contributed by atoms with Crippen LogP contribution in [0.2, 0.25) is 0 Å². The van der Waals surface area contributed by atoms with E-state index in [0.29, 0.717) is 45.0 Å². The number of piperazine rings is 1. The fourth-order valence-corrected chi connectivity index (χ4v) is 3.48. The quantitative estimate of drug-likeness (QED) is 0.750. The highest BCUT2D eigenvalue weighted by atomic mass is 16.3. The summed E-state index contributed by atoms with van der Waals surface area (Å²) < 4.78 is 5.16. The summed E-state index contributed by atoms with van der Waals surface area (Å²) in [6.45, 7) is 6.35. The molecule has 1 saturated heterocycles. The summed E-state index contributed by atoms with van der Waals surface area (Å²) in [6, 6.07) is 11.3. The van der Waals surface area contributed by atoms with Gasteiger partial charge < -0.3 is 19.1 Å². The molecule has 0 radical (unpaired) electrons. The Kier molecular flexibility index (Phi) is 6.69. The van der Waals surface area contributed by atoms with E-state index >= 15 is 0 Å². The van der Waals surface area contributed by atoms with Crippen molar-refractivity contribution in [2.75, 3.05) is 32.7 Å². The molecule has 29 heavy (non-hydrogen) atoms. The smallest absolute Gasteiger partial charge is 0.289 e. The minimum Gasteiger partial charge on any atom is -0.459 e. The highest BCUT2D eigenvalue weighted by Crippen LogP contribution is 2.12. The van der Waals surface area contributed by atoms with Gasteiger partial charge in [-0.05, 0) is 24.6 Å². The number of nitrogens with zero attached hydrogens (tertiary/aromatic N) is 3. The second-order valence-corrected chi connectivity index (χ2v) is 7.33. The van der Waals surface area contributed by atoms with Gasteiger partial charge in [-0.15, -0.1) is 0 Å². The lowest BCUT2D eigenvalue weighted by atomic mass is 10.1. The lowest BCUT2D eigenvalue weighted by molar-refractivity contribution is -0.134. The van der Waals surface area contributed by atoms with Gasteiger partial charge in [0.05, 0.1) is 6.26 Å². The number of amides is 3. The van der Waals surface area contributed by atoms with E-state index in [1.165, 1.54) is 13.2 Å². The number of hydrogen-bond acceptors (Lipinski definition) is 4. The highest BCUT2D eigenvalue weighted by Gasteiger charge is 2.26. The van der Waals surface area contributed by atoms with Crippen LogP contribution in [-0.2, 0) is 16.1 Å². The van der Waals surface area contributed by atoms with E-state index in [1.54, 1.807) is 26.8 Å². The number of furan rings is 1. The molecule has 3 rings (SSSR count). The molecule has 1 aliphatic rings. The fourth-order valence-electron chi connectivity index (χ4n) is 3.48. The first-order valence-corrected chi connectivity index (χ1v) is 9.85. The van der Waals surface area contributed by atoms with Crippen LogP contribution in [0.5, 0.6) is 0 Å². The second kappa shape index (κ2) is 9.41. The van der Waals surface area contributed by atoms with Gasteiger partial charge in [0.1, 0.15) is 0 Å². The van der Waals surface area contributed by atoms with Crippen LogP contribution >= 0.6 is 0 Å². The van der Waals surface area contributed by atoms with Crippen LogP contribution in [0.4, 0.5) is 0 Å². The normalized spacial score (nSPS) is 14.0. The maximum Gasteiger partial charge on any atom is 0.289 e. The summed E-state index contributed by atoms with van der Waals surface area (Å²) in [5, 5.41) is 0. The third kappa shape index (κ3) is 5.47. The zero-order chi connectivity index (χ0) is 20.8. The predicted molar refractivity (Wildman–Crippen MR) is 108 cm³/mol. The van der Waals surface area contributed by atoms with E-state index < -0.39 is 0 Å². The summed E-state index contributed by atoms with van der Waals surface area (Å²) >= 11 is 0. The second-order valence-electron chi connectivity index (χ2n) is 7.33. The van der Waals surface area contributed by atoms with Crippen LogP contribution < -0.4 is 0 Å². The third-order valence-electron chi connectivity index (χ3n) is 5.15. The minimum atomic E-state index is -0.150. The molecule has 0 spiro atoms. The Hall–Kier alpha value is -3.09. The number of benzene rings is 1. The molecule has 0 bridgehead atoms. The molecule has 2 heterocycles. The summed E-state index contributed by atoms with van der Waals surface area (Å²) in [7, 11) is 0. The lowest BCUT2D eigenvalue weighted by Gasteiger charge is -2.34. The summed E-state index contributed by atoms with van der Waals surface area (Å²) in [5.41, 5.74) is 2.20. The molecule has 7 nitrogen and oxygen atoms in total. The molecule has 0 aliphatic carbocycles. The van der Waals surface area contributed by atoms with E-state index in [2.05, 4.69) is 0 Å². The topological polar surface area (TPSA) is 74.1 Å². The first-order valence-electron chi connectivity index (χ1n) is 9.85. The average Bonchev–Trinajstić information content (AvgIpc) is 3.25. The monoisotopic (exact) mass is 397 g/mol. The minimum absolute atomic E-state index is 0.00518. The molecule has 3 amide bonds. The number of carbonyl (C=O) groups is 3. The maximum atomic E-state index is 12.6. The van der Waals surface area contributed by atoms with Crippen molar-refractivity contribution in [3.8, 4) is 0 Å². The van der Waals surface area contributed by atoms with E-state index in [0.717, 1.165) is 11.1 Å². The standard InChI is InChI=1S/C22H27N3O4/c1-17-5-3-6-19(15-17)16-25(18(2)26)9-8-21(27)23-10-12-24(13-11-23)22(28)20-7-4-14-29-20/h3-7,14-15H,8-13,16H2,1-2H3. The number of carbonyl (C=O) groups excluding carboxylic acids is 3. The van der Waals surface area contributed by atoms with Crippen LogP contribution in [0.25, 0.3) is 0 Å². The molecule has 2 aromatic rings. The molecule has 0 N–H and O–H groups in total. The third-order valence-corrected chi connectivity index (χ3v) is 5.15. The van der Waals surface area contributed by atoms with Crippen molar-refractivity contribution in [2.45, 2.75) is 26.8 Å². The van der Waals surface area contributed by atoms with Gasteiger partial charge >= 0.3 is 0 Å². The first kappa shape index (κ1) is 20.6. The van der Waals surface area contributed by atoms with E-state index in [-0.39, 0.29) is 24.1 Å². The summed E-state index contributed by atoms with van der Waals surface area (Å²) in [4.78, 5) is 42.1. The van der Waals surface area contributed by atoms with E-state index in [4.69, 9.17) is 4.42 Å². The lowest BCUT2D eigenvalue weighted by Crippen LogP contribution is -2.51. The van der Waals surface area contributed by atoms with Crippen LogP contribution in [0.1, 0.15) is 35.0 Å². The van der Waals surface area contributed by atoms with Crippen molar-refractivity contribution >= 4 is 17.7 Å². The molecule has 1 aromatic carbocycles. The first-order chi connectivity index (χ1) is 13.9. The molecule has 1 aromatic heterocycles. The Bertz CT molecular complexity index is 855. The Morgan fingerprint density at radius 1 is 1.03 bits per heavy atom. The van der Waals surface area contributed by atoms with Crippen molar-refractivity contribution in [2.24, 2.45) is 0 Å². The Morgan fingerprint density at radius 3 is 2.38 bits per heavy atom. The maximum absolute atomic E-state index is 12.6. The molecular formula is C22H27N3O4. The van der Waals surface area contributed by atoms with Gasteiger partial charge in [-0.2, -0.15) is 0 Å². The Labute approximate surface area is 170 Å². The number of aryl methyl sites for hydroxylation is 1. The van der Waals surface area contributed by atoms with Gasteiger partial charge in [0.2, 0.25) is 11.8 Å². The van der Waals surface area contributed by atoms with Gasteiger partial charge in [-0.25, -0.2) is 0 Å². The van der Waals surface area contributed by atoms with Gasteiger partial charge in [0.25, 0.3) is 5.91 Å². The highest BCUT2D eigenvalue weighted by molar-refractivity contribution is 5.91. The molecule has 154 valence electrons. The van der Waals surface area contributed by atoms with Crippen molar-refractivity contribution in [1.29, 1.82) is 0 Å². The Morgan fingerprint density at radius 2 is 1.76 bits per heavy atom. The van der Waals surface area contributed by atoms with Crippen LogP contribution in [0, 0.1) is 6.92 Å². The van der Waals surface area contributed by atoms with Crippen molar-refractivity contribution in [3.05, 3.63) is 59.5 Å². The number of hydrogen-bond donors (Lipinski definition) is 0. The molecule has 1 fully saturated rings. The molecular weight excluding hydrogens is 370 g/mol. The van der Waals surface area contributed by atoms with E-state index in [9.17, 15) is 14.4 Å². The summed E-state index contributed by atoms with van der Waals surface area (Å²) in [6.07, 6.45) is 1.75. The molecule has 1 aliphatic heterocycles. The van der Waals surface area contributed by atoms with Crippen LogP contribution in [0.3, 0.4) is 0 Å². The predicted octanol–water partition coefficient (Wildman–Crippen LogP) is 2.31. The van der Waals surface area contributed by atoms with Crippen molar-refractivity contribution < 1.29 is 18.8 Å². The van der Waals surface area contributed by atoms with Crippen molar-refractivity contribution in [1.82, 2.24) is 14.7 Å². The largest absolute Gasteiger partial charge is 0.459 e. The number of rotatable bonds is 6. The van der Waals surface area contributed by atoms with Gasteiger partial charge in [0, 0.05) is 52.6 Å².